The first-order chi connectivity index (χ1) is 10.2. The van der Waals surface area contributed by atoms with Crippen molar-refractivity contribution in [1.29, 1.82) is 0 Å². The Morgan fingerprint density at radius 2 is 1.95 bits per heavy atom. The van der Waals surface area contributed by atoms with Gasteiger partial charge in [-0.15, -0.1) is 11.3 Å². The zero-order valence-electron chi connectivity index (χ0n) is 11.6. The molecule has 1 aromatic carbocycles. The summed E-state index contributed by atoms with van der Waals surface area (Å²) in [7, 11) is 1.35. The lowest BCUT2D eigenvalue weighted by molar-refractivity contribution is -0.117. The van der Waals surface area contributed by atoms with Crippen molar-refractivity contribution < 1.29 is 14.3 Å². The first-order valence-corrected chi connectivity index (χ1v) is 7.64. The second-order valence-electron chi connectivity index (χ2n) is 4.97. The number of hydrogen-bond acceptors (Lipinski definition) is 4. The molecule has 0 unspecified atom stereocenters. The molecule has 1 amide bonds. The Morgan fingerprint density at radius 3 is 2.57 bits per heavy atom. The summed E-state index contributed by atoms with van der Waals surface area (Å²) in [4.78, 5) is 24.0. The Bertz CT molecular complexity index is 674. The van der Waals surface area contributed by atoms with Gasteiger partial charge in [0.1, 0.15) is 10.6 Å². The summed E-state index contributed by atoms with van der Waals surface area (Å²) in [5.41, 5.74) is 2.15. The second-order valence-corrected chi connectivity index (χ2v) is 5.85. The molecular weight excluding hydrogens is 286 g/mol. The third-order valence-corrected chi connectivity index (χ3v) is 4.35. The van der Waals surface area contributed by atoms with Crippen molar-refractivity contribution in [2.45, 2.75) is 12.8 Å². The average molecular weight is 301 g/mol. The normalized spacial score (nSPS) is 13.8. The molecule has 0 radical (unpaired) electrons. The molecule has 1 aliphatic rings. The van der Waals surface area contributed by atoms with Gasteiger partial charge in [-0.1, -0.05) is 30.3 Å². The lowest BCUT2D eigenvalue weighted by atomic mass is 10.0. The van der Waals surface area contributed by atoms with E-state index in [1.54, 1.807) is 0 Å². The Morgan fingerprint density at radius 1 is 1.24 bits per heavy atom. The van der Waals surface area contributed by atoms with Gasteiger partial charge in [-0.05, 0) is 18.4 Å². The number of methoxy groups -OCH3 is 1. The van der Waals surface area contributed by atoms with Crippen LogP contribution in [-0.4, -0.2) is 19.0 Å². The molecule has 0 atom stereocenters. The summed E-state index contributed by atoms with van der Waals surface area (Å²) in [5, 5.41) is 5.30. The van der Waals surface area contributed by atoms with Crippen LogP contribution < -0.4 is 5.32 Å². The van der Waals surface area contributed by atoms with Crippen molar-refractivity contribution in [3.63, 3.8) is 0 Å². The Labute approximate surface area is 126 Å². The molecule has 1 fully saturated rings. The van der Waals surface area contributed by atoms with E-state index < -0.39 is 5.97 Å². The van der Waals surface area contributed by atoms with Gasteiger partial charge in [-0.3, -0.25) is 4.79 Å². The number of carbonyl (C=O) groups excluding carboxylic acids is 2. The molecule has 0 spiro atoms. The molecule has 4 nitrogen and oxygen atoms in total. The van der Waals surface area contributed by atoms with Crippen molar-refractivity contribution in [3.8, 4) is 11.1 Å². The smallest absolute Gasteiger partial charge is 0.341 e. The van der Waals surface area contributed by atoms with Crippen LogP contribution in [0.2, 0.25) is 0 Å². The highest BCUT2D eigenvalue weighted by atomic mass is 32.1. The van der Waals surface area contributed by atoms with E-state index in [4.69, 9.17) is 4.74 Å². The number of nitrogens with one attached hydrogen (secondary N) is 1. The monoisotopic (exact) mass is 301 g/mol. The van der Waals surface area contributed by atoms with Gasteiger partial charge in [0.05, 0.1) is 7.11 Å². The molecule has 3 rings (SSSR count). The van der Waals surface area contributed by atoms with Crippen LogP contribution in [0.1, 0.15) is 23.2 Å². The number of amides is 1. The summed E-state index contributed by atoms with van der Waals surface area (Å²) in [6.45, 7) is 0. The fourth-order valence-corrected chi connectivity index (χ4v) is 3.10. The summed E-state index contributed by atoms with van der Waals surface area (Å²) >= 11 is 1.36. The Balaban J connectivity index is 1.98. The fraction of sp³-hybridized carbons (Fsp3) is 0.250. The third-order valence-electron chi connectivity index (χ3n) is 3.45. The van der Waals surface area contributed by atoms with E-state index >= 15 is 0 Å². The SMILES string of the molecule is COC(=O)c1c(-c2ccccc2)csc1NC(=O)C1CC1. The van der Waals surface area contributed by atoms with Crippen molar-refractivity contribution in [2.24, 2.45) is 5.92 Å². The summed E-state index contributed by atoms with van der Waals surface area (Å²) in [6, 6.07) is 9.61. The molecule has 5 heteroatoms. The largest absolute Gasteiger partial charge is 0.465 e. The highest BCUT2D eigenvalue weighted by Gasteiger charge is 2.31. The van der Waals surface area contributed by atoms with Crippen LogP contribution in [0.3, 0.4) is 0 Å². The Hall–Kier alpha value is -2.14. The van der Waals surface area contributed by atoms with Gasteiger partial charge in [0.2, 0.25) is 5.91 Å². The van der Waals surface area contributed by atoms with E-state index in [2.05, 4.69) is 5.32 Å². The standard InChI is InChI=1S/C16H15NO3S/c1-20-16(19)13-12(10-5-3-2-4-6-10)9-21-15(13)17-14(18)11-7-8-11/h2-6,9,11H,7-8H2,1H3,(H,17,18). The van der Waals surface area contributed by atoms with Gasteiger partial charge < -0.3 is 10.1 Å². The minimum absolute atomic E-state index is 0.0124. The van der Waals surface area contributed by atoms with Crippen molar-refractivity contribution in [2.75, 3.05) is 12.4 Å². The molecule has 0 bridgehead atoms. The quantitative estimate of drug-likeness (QED) is 0.879. The number of carbonyl (C=O) groups is 2. The number of benzene rings is 1. The summed E-state index contributed by atoms with van der Waals surface area (Å²) < 4.78 is 4.87. The molecule has 108 valence electrons. The van der Waals surface area contributed by atoms with Crippen LogP contribution in [-0.2, 0) is 9.53 Å². The molecule has 1 aromatic heterocycles. The highest BCUT2D eigenvalue weighted by Crippen LogP contribution is 2.38. The molecule has 1 N–H and O–H groups in total. The number of ether oxygens (including phenoxy) is 1. The number of thiophene rings is 1. The van der Waals surface area contributed by atoms with Crippen molar-refractivity contribution >= 4 is 28.2 Å². The van der Waals surface area contributed by atoms with E-state index in [9.17, 15) is 9.59 Å². The van der Waals surface area contributed by atoms with E-state index in [1.165, 1.54) is 18.4 Å². The maximum Gasteiger partial charge on any atom is 0.341 e. The number of anilines is 1. The number of esters is 1. The molecule has 1 heterocycles. The van der Waals surface area contributed by atoms with Gasteiger partial charge in [-0.2, -0.15) is 0 Å². The summed E-state index contributed by atoms with van der Waals surface area (Å²) in [6.07, 6.45) is 1.85. The lowest BCUT2D eigenvalue weighted by Gasteiger charge is -2.07. The van der Waals surface area contributed by atoms with Crippen molar-refractivity contribution in [1.82, 2.24) is 0 Å². The zero-order chi connectivity index (χ0) is 14.8. The number of rotatable bonds is 4. The van der Waals surface area contributed by atoms with Crippen LogP contribution in [0.4, 0.5) is 5.00 Å². The van der Waals surface area contributed by atoms with E-state index in [1.807, 2.05) is 35.7 Å². The fourth-order valence-electron chi connectivity index (χ4n) is 2.14. The van der Waals surface area contributed by atoms with Crippen LogP contribution >= 0.6 is 11.3 Å². The van der Waals surface area contributed by atoms with Gasteiger partial charge >= 0.3 is 5.97 Å². The molecule has 21 heavy (non-hydrogen) atoms. The minimum atomic E-state index is -0.429. The molecule has 1 saturated carbocycles. The van der Waals surface area contributed by atoms with Crippen LogP contribution in [0.5, 0.6) is 0 Å². The van der Waals surface area contributed by atoms with E-state index in [-0.39, 0.29) is 11.8 Å². The highest BCUT2D eigenvalue weighted by molar-refractivity contribution is 7.15. The predicted octanol–water partition coefficient (Wildman–Crippen LogP) is 3.55. The van der Waals surface area contributed by atoms with Gasteiger partial charge in [0.15, 0.2) is 0 Å². The first kappa shape index (κ1) is 13.8. The third kappa shape index (κ3) is 2.83. The average Bonchev–Trinajstić information content (AvgIpc) is 3.29. The second kappa shape index (κ2) is 5.69. The maximum absolute atomic E-state index is 12.1. The molecule has 0 saturated heterocycles. The predicted molar refractivity (Wildman–Crippen MR) is 82.4 cm³/mol. The first-order valence-electron chi connectivity index (χ1n) is 6.76. The minimum Gasteiger partial charge on any atom is -0.465 e. The maximum atomic E-state index is 12.1. The molecule has 0 aliphatic heterocycles. The summed E-state index contributed by atoms with van der Waals surface area (Å²) in [5.74, 6) is -0.347. The van der Waals surface area contributed by atoms with Crippen LogP contribution in [0.15, 0.2) is 35.7 Å². The molecular formula is C16H15NO3S. The number of hydrogen-bond donors (Lipinski definition) is 1. The van der Waals surface area contributed by atoms with Crippen LogP contribution in [0, 0.1) is 5.92 Å². The lowest BCUT2D eigenvalue weighted by Crippen LogP contribution is -2.15. The van der Waals surface area contributed by atoms with Gasteiger partial charge in [0.25, 0.3) is 0 Å². The zero-order valence-corrected chi connectivity index (χ0v) is 12.4. The Kier molecular flexibility index (Phi) is 3.75. The topological polar surface area (TPSA) is 55.4 Å². The van der Waals surface area contributed by atoms with E-state index in [0.29, 0.717) is 10.6 Å². The van der Waals surface area contributed by atoms with E-state index in [0.717, 1.165) is 24.0 Å². The molecule has 2 aromatic rings. The van der Waals surface area contributed by atoms with Gasteiger partial charge in [0, 0.05) is 16.9 Å². The van der Waals surface area contributed by atoms with Crippen LogP contribution in [0.25, 0.3) is 11.1 Å². The van der Waals surface area contributed by atoms with Crippen molar-refractivity contribution in [3.05, 3.63) is 41.3 Å². The van der Waals surface area contributed by atoms with Gasteiger partial charge in [-0.25, -0.2) is 4.79 Å². The molecule has 1 aliphatic carbocycles.